The van der Waals surface area contributed by atoms with Gasteiger partial charge in [0.2, 0.25) is 0 Å². The molecule has 0 aliphatic rings. The van der Waals surface area contributed by atoms with E-state index < -0.39 is 17.9 Å². The SMILES string of the molecule is COCCn1c(C)c(C)c2cc(C(=O)N[C@@H](Cc3ccccc3)C(=O)O)ccc21. The molecule has 2 N–H and O–H groups in total. The molecule has 1 atom stereocenters. The third-order valence-electron chi connectivity index (χ3n) is 5.31. The van der Waals surface area contributed by atoms with Gasteiger partial charge in [0.15, 0.2) is 0 Å². The molecule has 29 heavy (non-hydrogen) atoms. The highest BCUT2D eigenvalue weighted by Crippen LogP contribution is 2.26. The molecule has 0 saturated heterocycles. The Labute approximate surface area is 170 Å². The van der Waals surface area contributed by atoms with E-state index in [1.807, 2.05) is 56.3 Å². The van der Waals surface area contributed by atoms with Crippen LogP contribution in [0.25, 0.3) is 10.9 Å². The second kappa shape index (κ2) is 8.92. The van der Waals surface area contributed by atoms with Gasteiger partial charge in [0, 0.05) is 42.2 Å². The second-order valence-electron chi connectivity index (χ2n) is 7.14. The number of carbonyl (C=O) groups excluding carboxylic acids is 1. The lowest BCUT2D eigenvalue weighted by Crippen LogP contribution is -2.42. The summed E-state index contributed by atoms with van der Waals surface area (Å²) < 4.78 is 7.37. The molecule has 0 bridgehead atoms. The van der Waals surface area contributed by atoms with Crippen LogP contribution in [0.15, 0.2) is 48.5 Å². The second-order valence-corrected chi connectivity index (χ2v) is 7.14. The van der Waals surface area contributed by atoms with Crippen LogP contribution < -0.4 is 5.32 Å². The molecule has 1 aromatic heterocycles. The van der Waals surface area contributed by atoms with Gasteiger partial charge in [-0.2, -0.15) is 0 Å². The van der Waals surface area contributed by atoms with Crippen molar-refractivity contribution in [3.8, 4) is 0 Å². The molecule has 0 saturated carbocycles. The van der Waals surface area contributed by atoms with Crippen molar-refractivity contribution < 1.29 is 19.4 Å². The number of nitrogens with one attached hydrogen (secondary N) is 1. The zero-order chi connectivity index (χ0) is 21.0. The van der Waals surface area contributed by atoms with Gasteiger partial charge in [0.1, 0.15) is 6.04 Å². The number of rotatable bonds is 8. The smallest absolute Gasteiger partial charge is 0.326 e. The topological polar surface area (TPSA) is 80.6 Å². The molecule has 1 heterocycles. The van der Waals surface area contributed by atoms with Crippen LogP contribution >= 0.6 is 0 Å². The highest BCUT2D eigenvalue weighted by atomic mass is 16.5. The number of aliphatic carboxylic acids is 1. The molecule has 0 unspecified atom stereocenters. The number of hydrogen-bond donors (Lipinski definition) is 2. The number of benzene rings is 2. The molecule has 0 fully saturated rings. The highest BCUT2D eigenvalue weighted by molar-refractivity contribution is 6.00. The summed E-state index contributed by atoms with van der Waals surface area (Å²) in [5.41, 5.74) is 4.57. The minimum atomic E-state index is -1.05. The summed E-state index contributed by atoms with van der Waals surface area (Å²) in [4.78, 5) is 24.4. The van der Waals surface area contributed by atoms with Crippen molar-refractivity contribution in [3.63, 3.8) is 0 Å². The van der Waals surface area contributed by atoms with Gasteiger partial charge in [-0.3, -0.25) is 4.79 Å². The van der Waals surface area contributed by atoms with E-state index in [1.54, 1.807) is 13.2 Å². The van der Waals surface area contributed by atoms with Crippen LogP contribution in [0.3, 0.4) is 0 Å². The van der Waals surface area contributed by atoms with Crippen LogP contribution in [-0.4, -0.2) is 41.3 Å². The van der Waals surface area contributed by atoms with Gasteiger partial charge in [-0.25, -0.2) is 4.79 Å². The minimum absolute atomic E-state index is 0.232. The van der Waals surface area contributed by atoms with E-state index in [1.165, 1.54) is 0 Å². The van der Waals surface area contributed by atoms with Crippen molar-refractivity contribution >= 4 is 22.8 Å². The first-order chi connectivity index (χ1) is 13.9. The number of nitrogens with zero attached hydrogens (tertiary/aromatic N) is 1. The van der Waals surface area contributed by atoms with Crippen molar-refractivity contribution in [3.05, 3.63) is 70.9 Å². The lowest BCUT2D eigenvalue weighted by atomic mass is 10.0. The maximum absolute atomic E-state index is 12.8. The number of carboxylic acids is 1. The monoisotopic (exact) mass is 394 g/mol. The standard InChI is InChI=1S/C23H26N2O4/c1-15-16(2)25(11-12-29-3)21-10-9-18(14-19(15)21)22(26)24-20(23(27)28)13-17-7-5-4-6-8-17/h4-10,14,20H,11-13H2,1-3H3,(H,24,26)(H,27,28)/t20-/m0/s1. The Morgan fingerprint density at radius 2 is 1.86 bits per heavy atom. The van der Waals surface area contributed by atoms with Gasteiger partial charge in [0.05, 0.1) is 6.61 Å². The van der Waals surface area contributed by atoms with E-state index in [4.69, 9.17) is 4.74 Å². The van der Waals surface area contributed by atoms with E-state index in [2.05, 4.69) is 9.88 Å². The normalized spacial score (nSPS) is 12.1. The lowest BCUT2D eigenvalue weighted by Gasteiger charge is -2.15. The third-order valence-corrected chi connectivity index (χ3v) is 5.31. The maximum atomic E-state index is 12.8. The fourth-order valence-corrected chi connectivity index (χ4v) is 3.55. The molecule has 3 aromatic rings. The lowest BCUT2D eigenvalue weighted by molar-refractivity contribution is -0.139. The molecule has 2 aromatic carbocycles. The highest BCUT2D eigenvalue weighted by Gasteiger charge is 2.22. The summed E-state index contributed by atoms with van der Waals surface area (Å²) in [6, 6.07) is 13.8. The average Bonchev–Trinajstić information content (AvgIpc) is 2.96. The first-order valence-electron chi connectivity index (χ1n) is 9.58. The average molecular weight is 394 g/mol. The number of hydrogen-bond acceptors (Lipinski definition) is 3. The van der Waals surface area contributed by atoms with E-state index in [-0.39, 0.29) is 6.42 Å². The molecular formula is C23H26N2O4. The van der Waals surface area contributed by atoms with E-state index in [0.29, 0.717) is 12.2 Å². The first-order valence-corrected chi connectivity index (χ1v) is 9.58. The van der Waals surface area contributed by atoms with Crippen LogP contribution in [0.1, 0.15) is 27.2 Å². The van der Waals surface area contributed by atoms with Crippen molar-refractivity contribution in [2.24, 2.45) is 0 Å². The van der Waals surface area contributed by atoms with Crippen LogP contribution in [0.2, 0.25) is 0 Å². The molecule has 0 aliphatic carbocycles. The summed E-state index contributed by atoms with van der Waals surface area (Å²) in [6.45, 7) is 5.41. The van der Waals surface area contributed by atoms with Crippen LogP contribution in [0.5, 0.6) is 0 Å². The van der Waals surface area contributed by atoms with E-state index in [0.717, 1.165) is 34.3 Å². The number of carboxylic acid groups (broad SMARTS) is 1. The van der Waals surface area contributed by atoms with Crippen LogP contribution in [-0.2, 0) is 22.5 Å². The summed E-state index contributed by atoms with van der Waals surface area (Å²) in [5, 5.41) is 13.2. The largest absolute Gasteiger partial charge is 0.480 e. The minimum Gasteiger partial charge on any atom is -0.480 e. The Balaban J connectivity index is 1.84. The summed E-state index contributed by atoms with van der Waals surface area (Å²) in [7, 11) is 1.67. The van der Waals surface area contributed by atoms with Crippen LogP contribution in [0, 0.1) is 13.8 Å². The van der Waals surface area contributed by atoms with E-state index in [9.17, 15) is 14.7 Å². The number of aryl methyl sites for hydroxylation is 1. The Morgan fingerprint density at radius 3 is 2.52 bits per heavy atom. The van der Waals surface area contributed by atoms with Crippen LogP contribution in [0.4, 0.5) is 0 Å². The molecule has 0 radical (unpaired) electrons. The quantitative estimate of drug-likeness (QED) is 0.614. The fraction of sp³-hybridized carbons (Fsp3) is 0.304. The van der Waals surface area contributed by atoms with Gasteiger partial charge in [0.25, 0.3) is 5.91 Å². The van der Waals surface area contributed by atoms with Crippen molar-refractivity contribution in [2.45, 2.75) is 32.9 Å². The Kier molecular flexibility index (Phi) is 6.34. The molecular weight excluding hydrogens is 368 g/mol. The van der Waals surface area contributed by atoms with Crippen molar-refractivity contribution in [2.75, 3.05) is 13.7 Å². The van der Waals surface area contributed by atoms with Gasteiger partial charge in [-0.1, -0.05) is 30.3 Å². The van der Waals surface area contributed by atoms with Crippen molar-refractivity contribution in [1.82, 2.24) is 9.88 Å². The number of methoxy groups -OCH3 is 1. The Hall–Kier alpha value is -3.12. The van der Waals surface area contributed by atoms with Gasteiger partial charge < -0.3 is 19.7 Å². The molecule has 152 valence electrons. The number of amides is 1. The Morgan fingerprint density at radius 1 is 1.14 bits per heavy atom. The third kappa shape index (κ3) is 4.49. The van der Waals surface area contributed by atoms with E-state index >= 15 is 0 Å². The molecule has 3 rings (SSSR count). The molecule has 6 nitrogen and oxygen atoms in total. The summed E-state index contributed by atoms with van der Waals surface area (Å²) in [5.74, 6) is -1.45. The predicted octanol–water partition coefficient (Wildman–Crippen LogP) is 3.33. The molecule has 0 aliphatic heterocycles. The number of ether oxygens (including phenoxy) is 1. The fourth-order valence-electron chi connectivity index (χ4n) is 3.55. The first kappa shape index (κ1) is 20.6. The molecule has 1 amide bonds. The summed E-state index contributed by atoms with van der Waals surface area (Å²) in [6.07, 6.45) is 0.232. The van der Waals surface area contributed by atoms with Crippen molar-refractivity contribution in [1.29, 1.82) is 0 Å². The zero-order valence-corrected chi connectivity index (χ0v) is 16.9. The zero-order valence-electron chi connectivity index (χ0n) is 16.9. The number of aromatic nitrogens is 1. The van der Waals surface area contributed by atoms with Gasteiger partial charge in [-0.15, -0.1) is 0 Å². The van der Waals surface area contributed by atoms with Gasteiger partial charge in [-0.05, 0) is 43.2 Å². The molecule has 0 spiro atoms. The van der Waals surface area contributed by atoms with Gasteiger partial charge >= 0.3 is 5.97 Å². The number of carbonyl (C=O) groups is 2. The summed E-state index contributed by atoms with van der Waals surface area (Å²) >= 11 is 0. The molecule has 6 heteroatoms. The maximum Gasteiger partial charge on any atom is 0.326 e. The predicted molar refractivity (Wildman–Crippen MR) is 112 cm³/mol. The number of fused-ring (bicyclic) bond motifs is 1. The Bertz CT molecular complexity index is 1020.